The number of aromatic nitrogens is 2. The van der Waals surface area contributed by atoms with Gasteiger partial charge in [0.05, 0.1) is 17.1 Å². The second kappa shape index (κ2) is 6.00. The molecule has 2 rings (SSSR count). The van der Waals surface area contributed by atoms with Crippen molar-refractivity contribution in [1.29, 1.82) is 0 Å². The summed E-state index contributed by atoms with van der Waals surface area (Å²) < 4.78 is 5.34. The SMILES string of the molecule is CCCNc1ncnc(NC2(C)CCOC2)c1[N+](=O)[O-]. The Bertz CT molecular complexity index is 488. The molecular formula is C12H19N5O3. The van der Waals surface area contributed by atoms with Gasteiger partial charge in [0.25, 0.3) is 0 Å². The van der Waals surface area contributed by atoms with E-state index in [1.807, 2.05) is 13.8 Å². The van der Waals surface area contributed by atoms with Crippen molar-refractivity contribution in [3.8, 4) is 0 Å². The summed E-state index contributed by atoms with van der Waals surface area (Å²) in [6.07, 6.45) is 2.97. The highest BCUT2D eigenvalue weighted by molar-refractivity contribution is 5.69. The number of nitro groups is 1. The Morgan fingerprint density at radius 1 is 1.50 bits per heavy atom. The molecule has 1 fully saturated rings. The summed E-state index contributed by atoms with van der Waals surface area (Å²) in [5.74, 6) is 0.480. The number of hydrogen-bond donors (Lipinski definition) is 2. The molecule has 0 bridgehead atoms. The van der Waals surface area contributed by atoms with Gasteiger partial charge in [-0.15, -0.1) is 0 Å². The summed E-state index contributed by atoms with van der Waals surface area (Å²) in [5, 5.41) is 17.4. The molecule has 2 heterocycles. The van der Waals surface area contributed by atoms with E-state index in [9.17, 15) is 10.1 Å². The zero-order chi connectivity index (χ0) is 14.6. The van der Waals surface area contributed by atoms with Gasteiger partial charge < -0.3 is 15.4 Å². The number of anilines is 2. The van der Waals surface area contributed by atoms with Crippen LogP contribution in [0.15, 0.2) is 6.33 Å². The quantitative estimate of drug-likeness (QED) is 0.605. The standard InChI is InChI=1S/C12H19N5O3/c1-3-5-13-10-9(17(18)19)11(15-8-14-10)16-12(2)4-6-20-7-12/h8H,3-7H2,1-2H3,(H2,13,14,15,16). The average Bonchev–Trinajstić information content (AvgIpc) is 2.82. The Morgan fingerprint density at radius 3 is 2.85 bits per heavy atom. The van der Waals surface area contributed by atoms with Crippen molar-refractivity contribution in [1.82, 2.24) is 9.97 Å². The highest BCUT2D eigenvalue weighted by atomic mass is 16.6. The normalized spacial score (nSPS) is 21.7. The van der Waals surface area contributed by atoms with Crippen LogP contribution in [0.3, 0.4) is 0 Å². The highest BCUT2D eigenvalue weighted by Crippen LogP contribution is 2.32. The van der Waals surface area contributed by atoms with Crippen LogP contribution in [0.2, 0.25) is 0 Å². The fourth-order valence-electron chi connectivity index (χ4n) is 2.07. The summed E-state index contributed by atoms with van der Waals surface area (Å²) in [4.78, 5) is 18.8. The Kier molecular flexibility index (Phi) is 4.33. The second-order valence-electron chi connectivity index (χ2n) is 5.09. The molecule has 0 radical (unpaired) electrons. The van der Waals surface area contributed by atoms with Crippen molar-refractivity contribution in [3.05, 3.63) is 16.4 Å². The van der Waals surface area contributed by atoms with Crippen molar-refractivity contribution >= 4 is 17.3 Å². The van der Waals surface area contributed by atoms with Crippen molar-refractivity contribution in [2.24, 2.45) is 0 Å². The Balaban J connectivity index is 2.29. The second-order valence-corrected chi connectivity index (χ2v) is 5.09. The number of nitrogens with one attached hydrogen (secondary N) is 2. The van der Waals surface area contributed by atoms with E-state index >= 15 is 0 Å². The average molecular weight is 281 g/mol. The molecule has 1 saturated heterocycles. The maximum absolute atomic E-state index is 11.3. The first kappa shape index (κ1) is 14.4. The van der Waals surface area contributed by atoms with Gasteiger partial charge in [0.1, 0.15) is 6.33 Å². The van der Waals surface area contributed by atoms with Gasteiger partial charge in [0, 0.05) is 13.2 Å². The summed E-state index contributed by atoms with van der Waals surface area (Å²) in [6.45, 7) is 5.72. The predicted octanol–water partition coefficient (Wildman–Crippen LogP) is 1.80. The van der Waals surface area contributed by atoms with Crippen molar-refractivity contribution in [2.75, 3.05) is 30.4 Å². The van der Waals surface area contributed by atoms with Gasteiger partial charge in [-0.1, -0.05) is 6.92 Å². The number of ether oxygens (including phenoxy) is 1. The smallest absolute Gasteiger partial charge is 0.353 e. The lowest BCUT2D eigenvalue weighted by Gasteiger charge is -2.24. The van der Waals surface area contributed by atoms with Crippen LogP contribution >= 0.6 is 0 Å². The first-order chi connectivity index (χ1) is 9.56. The molecule has 1 unspecified atom stereocenters. The Morgan fingerprint density at radius 2 is 2.25 bits per heavy atom. The van der Waals surface area contributed by atoms with Crippen molar-refractivity contribution in [3.63, 3.8) is 0 Å². The van der Waals surface area contributed by atoms with Gasteiger partial charge in [0.2, 0.25) is 11.6 Å². The summed E-state index contributed by atoms with van der Waals surface area (Å²) in [5.41, 5.74) is -0.449. The largest absolute Gasteiger partial charge is 0.379 e. The lowest BCUT2D eigenvalue weighted by Crippen LogP contribution is -2.35. The molecule has 0 spiro atoms. The maximum Gasteiger partial charge on any atom is 0.353 e. The van der Waals surface area contributed by atoms with E-state index in [4.69, 9.17) is 4.74 Å². The third-order valence-corrected chi connectivity index (χ3v) is 3.19. The molecule has 1 aromatic rings. The van der Waals surface area contributed by atoms with Gasteiger partial charge in [-0.05, 0) is 19.8 Å². The highest BCUT2D eigenvalue weighted by Gasteiger charge is 2.33. The Hall–Kier alpha value is -1.96. The van der Waals surface area contributed by atoms with Crippen molar-refractivity contribution < 1.29 is 9.66 Å². The first-order valence-corrected chi connectivity index (χ1v) is 6.65. The van der Waals surface area contributed by atoms with Gasteiger partial charge in [-0.2, -0.15) is 0 Å². The zero-order valence-corrected chi connectivity index (χ0v) is 11.7. The minimum atomic E-state index is -0.459. The van der Waals surface area contributed by atoms with Crippen LogP contribution in [0.1, 0.15) is 26.7 Å². The van der Waals surface area contributed by atoms with E-state index in [0.717, 1.165) is 12.8 Å². The van der Waals surface area contributed by atoms with Gasteiger partial charge in [0.15, 0.2) is 0 Å². The minimum absolute atomic E-state index is 0.117. The molecule has 110 valence electrons. The fourth-order valence-corrected chi connectivity index (χ4v) is 2.07. The van der Waals surface area contributed by atoms with E-state index in [1.54, 1.807) is 0 Å². The molecule has 0 amide bonds. The fraction of sp³-hybridized carbons (Fsp3) is 0.667. The van der Waals surface area contributed by atoms with Gasteiger partial charge >= 0.3 is 5.69 Å². The molecular weight excluding hydrogens is 262 g/mol. The minimum Gasteiger partial charge on any atom is -0.379 e. The predicted molar refractivity (Wildman–Crippen MR) is 74.9 cm³/mol. The number of rotatable bonds is 6. The molecule has 1 atom stereocenters. The zero-order valence-electron chi connectivity index (χ0n) is 11.7. The van der Waals surface area contributed by atoms with Crippen LogP contribution in [0.25, 0.3) is 0 Å². The number of hydrogen-bond acceptors (Lipinski definition) is 7. The summed E-state index contributed by atoms with van der Waals surface area (Å²) in [6, 6.07) is 0. The lowest BCUT2D eigenvalue weighted by molar-refractivity contribution is -0.383. The van der Waals surface area contributed by atoms with Crippen LogP contribution in [-0.2, 0) is 4.74 Å². The lowest BCUT2D eigenvalue weighted by atomic mass is 10.0. The van der Waals surface area contributed by atoms with Gasteiger partial charge in [-0.25, -0.2) is 9.97 Å². The molecule has 1 aromatic heterocycles. The van der Waals surface area contributed by atoms with E-state index in [0.29, 0.717) is 19.8 Å². The molecule has 2 N–H and O–H groups in total. The van der Waals surface area contributed by atoms with Crippen LogP contribution in [-0.4, -0.2) is 40.2 Å². The monoisotopic (exact) mass is 281 g/mol. The van der Waals surface area contributed by atoms with Gasteiger partial charge in [-0.3, -0.25) is 10.1 Å². The van der Waals surface area contributed by atoms with E-state index < -0.39 is 4.92 Å². The molecule has 1 aliphatic rings. The Labute approximate surface area is 117 Å². The van der Waals surface area contributed by atoms with Crippen LogP contribution in [0, 0.1) is 10.1 Å². The molecule has 8 heteroatoms. The van der Waals surface area contributed by atoms with E-state index in [2.05, 4.69) is 20.6 Å². The molecule has 1 aliphatic heterocycles. The van der Waals surface area contributed by atoms with Crippen LogP contribution in [0.5, 0.6) is 0 Å². The summed E-state index contributed by atoms with van der Waals surface area (Å²) >= 11 is 0. The third-order valence-electron chi connectivity index (χ3n) is 3.19. The van der Waals surface area contributed by atoms with Crippen molar-refractivity contribution in [2.45, 2.75) is 32.2 Å². The molecule has 0 aromatic carbocycles. The van der Waals surface area contributed by atoms with Crippen LogP contribution < -0.4 is 10.6 Å². The van der Waals surface area contributed by atoms with E-state index in [-0.39, 0.29) is 22.9 Å². The summed E-state index contributed by atoms with van der Waals surface area (Å²) in [7, 11) is 0. The number of nitrogens with zero attached hydrogens (tertiary/aromatic N) is 3. The topological polar surface area (TPSA) is 102 Å². The molecule has 20 heavy (non-hydrogen) atoms. The molecule has 8 nitrogen and oxygen atoms in total. The van der Waals surface area contributed by atoms with E-state index in [1.165, 1.54) is 6.33 Å². The molecule has 0 saturated carbocycles. The van der Waals surface area contributed by atoms with Crippen LogP contribution in [0.4, 0.5) is 17.3 Å². The maximum atomic E-state index is 11.3. The molecule has 0 aliphatic carbocycles. The third kappa shape index (κ3) is 3.13. The first-order valence-electron chi connectivity index (χ1n) is 6.65.